The SMILES string of the molecule is COc1ccc2ncc(=O)n(CCN3CCC(NCc4ccc5c(c4)NC(=O)CS5)CC3)c2n1. The number of benzene rings is 1. The number of anilines is 1. The van der Waals surface area contributed by atoms with E-state index in [4.69, 9.17) is 4.74 Å². The highest BCUT2D eigenvalue weighted by molar-refractivity contribution is 8.00. The molecule has 0 atom stereocenters. The standard InChI is InChI=1S/C24H28N6O3S/c1-33-22-5-3-18-24(28-22)30(23(32)14-26-18)11-10-29-8-6-17(7-9-29)25-13-16-2-4-20-19(12-16)27-21(31)15-34-20/h2-5,12,14,17,25H,6-11,13,15H2,1H3,(H,27,31). The molecule has 0 spiro atoms. The van der Waals surface area contributed by atoms with Gasteiger partial charge in [0.1, 0.15) is 5.52 Å². The predicted molar refractivity (Wildman–Crippen MR) is 132 cm³/mol. The van der Waals surface area contributed by atoms with Crippen LogP contribution in [0.25, 0.3) is 11.2 Å². The van der Waals surface area contributed by atoms with Crippen LogP contribution in [0.3, 0.4) is 0 Å². The minimum atomic E-state index is -0.149. The number of fused-ring (bicyclic) bond motifs is 2. The van der Waals surface area contributed by atoms with E-state index in [2.05, 4.69) is 43.7 Å². The second-order valence-corrected chi connectivity index (χ2v) is 9.63. The Balaban J connectivity index is 1.13. The summed E-state index contributed by atoms with van der Waals surface area (Å²) in [5.74, 6) is 1.02. The van der Waals surface area contributed by atoms with Gasteiger partial charge in [0.25, 0.3) is 5.56 Å². The summed E-state index contributed by atoms with van der Waals surface area (Å²) in [4.78, 5) is 36.3. The van der Waals surface area contributed by atoms with E-state index < -0.39 is 0 Å². The number of thioether (sulfide) groups is 1. The Morgan fingerprint density at radius 1 is 1.18 bits per heavy atom. The van der Waals surface area contributed by atoms with Gasteiger partial charge in [0, 0.05) is 36.6 Å². The molecule has 5 rings (SSSR count). The third-order valence-corrected chi connectivity index (χ3v) is 7.45. The molecule has 2 aromatic heterocycles. The molecule has 1 aromatic carbocycles. The number of rotatable bonds is 7. The lowest BCUT2D eigenvalue weighted by atomic mass is 10.0. The monoisotopic (exact) mass is 480 g/mol. The molecule has 2 aliphatic rings. The average Bonchev–Trinajstić information content (AvgIpc) is 2.87. The fraction of sp³-hybridized carbons (Fsp3) is 0.417. The Kier molecular flexibility index (Phi) is 6.80. The van der Waals surface area contributed by atoms with Crippen molar-refractivity contribution in [1.29, 1.82) is 0 Å². The molecule has 2 aliphatic heterocycles. The van der Waals surface area contributed by atoms with E-state index in [1.807, 2.05) is 6.07 Å². The molecular formula is C24H28N6O3S. The first-order chi connectivity index (χ1) is 16.6. The van der Waals surface area contributed by atoms with Crippen LogP contribution in [-0.4, -0.2) is 63.9 Å². The number of nitrogens with zero attached hydrogens (tertiary/aromatic N) is 4. The van der Waals surface area contributed by atoms with Gasteiger partial charge in [-0.1, -0.05) is 6.07 Å². The molecule has 1 amide bonds. The van der Waals surface area contributed by atoms with Crippen molar-refractivity contribution in [1.82, 2.24) is 24.8 Å². The Morgan fingerprint density at radius 3 is 2.85 bits per heavy atom. The van der Waals surface area contributed by atoms with E-state index in [9.17, 15) is 9.59 Å². The average molecular weight is 481 g/mol. The van der Waals surface area contributed by atoms with Crippen molar-refractivity contribution in [2.45, 2.75) is 36.9 Å². The molecule has 2 N–H and O–H groups in total. The van der Waals surface area contributed by atoms with Gasteiger partial charge in [-0.2, -0.15) is 4.98 Å². The zero-order chi connectivity index (χ0) is 23.5. The van der Waals surface area contributed by atoms with Crippen LogP contribution in [-0.2, 0) is 17.9 Å². The van der Waals surface area contributed by atoms with Crippen LogP contribution in [0.4, 0.5) is 5.69 Å². The zero-order valence-electron chi connectivity index (χ0n) is 19.1. The topological polar surface area (TPSA) is 101 Å². The first kappa shape index (κ1) is 22.8. The summed E-state index contributed by atoms with van der Waals surface area (Å²) in [6, 6.07) is 10.3. The van der Waals surface area contributed by atoms with Gasteiger partial charge in [-0.15, -0.1) is 11.8 Å². The lowest BCUT2D eigenvalue weighted by Gasteiger charge is -2.32. The third-order valence-electron chi connectivity index (χ3n) is 6.37. The molecule has 0 aliphatic carbocycles. The van der Waals surface area contributed by atoms with Crippen LogP contribution in [0.1, 0.15) is 18.4 Å². The van der Waals surface area contributed by atoms with Crippen LogP contribution in [0, 0.1) is 0 Å². The van der Waals surface area contributed by atoms with Crippen molar-refractivity contribution in [3.63, 3.8) is 0 Å². The minimum Gasteiger partial charge on any atom is -0.481 e. The first-order valence-electron chi connectivity index (χ1n) is 11.5. The molecular weight excluding hydrogens is 452 g/mol. The summed E-state index contributed by atoms with van der Waals surface area (Å²) in [6.45, 7) is 4.08. The Labute approximate surface area is 201 Å². The van der Waals surface area contributed by atoms with Crippen LogP contribution < -0.4 is 20.9 Å². The molecule has 0 radical (unpaired) electrons. The van der Waals surface area contributed by atoms with Gasteiger partial charge in [0.2, 0.25) is 11.8 Å². The Hall–Kier alpha value is -2.95. The molecule has 3 aromatic rings. The molecule has 9 nitrogen and oxygen atoms in total. The number of aromatic nitrogens is 3. The lowest BCUT2D eigenvalue weighted by Crippen LogP contribution is -2.43. The van der Waals surface area contributed by atoms with Gasteiger partial charge in [-0.25, -0.2) is 4.98 Å². The highest BCUT2D eigenvalue weighted by Crippen LogP contribution is 2.32. The maximum atomic E-state index is 12.5. The number of ether oxygens (including phenoxy) is 1. The molecule has 178 valence electrons. The maximum Gasteiger partial charge on any atom is 0.270 e. The maximum absolute atomic E-state index is 12.5. The highest BCUT2D eigenvalue weighted by atomic mass is 32.2. The lowest BCUT2D eigenvalue weighted by molar-refractivity contribution is -0.113. The molecule has 1 saturated heterocycles. The Bertz CT molecular complexity index is 1260. The van der Waals surface area contributed by atoms with E-state index >= 15 is 0 Å². The van der Waals surface area contributed by atoms with E-state index in [0.717, 1.165) is 49.6 Å². The number of pyridine rings is 1. The predicted octanol–water partition coefficient (Wildman–Crippen LogP) is 2.10. The molecule has 1 fully saturated rings. The quantitative estimate of drug-likeness (QED) is 0.530. The van der Waals surface area contributed by atoms with Gasteiger partial charge in [-0.3, -0.25) is 14.2 Å². The van der Waals surface area contributed by atoms with Crippen molar-refractivity contribution in [3.05, 3.63) is 52.4 Å². The van der Waals surface area contributed by atoms with E-state index in [0.29, 0.717) is 35.4 Å². The summed E-state index contributed by atoms with van der Waals surface area (Å²) in [5.41, 5.74) is 3.19. The van der Waals surface area contributed by atoms with Crippen LogP contribution in [0.5, 0.6) is 5.88 Å². The fourth-order valence-corrected chi connectivity index (χ4v) is 5.24. The van der Waals surface area contributed by atoms with Crippen molar-refractivity contribution in [2.75, 3.05) is 37.8 Å². The molecule has 4 heterocycles. The number of methoxy groups -OCH3 is 1. The molecule has 10 heteroatoms. The zero-order valence-corrected chi connectivity index (χ0v) is 19.9. The number of hydrogen-bond donors (Lipinski definition) is 2. The number of nitrogens with one attached hydrogen (secondary N) is 2. The van der Waals surface area contributed by atoms with E-state index in [-0.39, 0.29) is 11.5 Å². The van der Waals surface area contributed by atoms with Crippen LogP contribution in [0.2, 0.25) is 0 Å². The number of likely N-dealkylation sites (tertiary alicyclic amines) is 1. The normalized spacial score (nSPS) is 16.9. The van der Waals surface area contributed by atoms with Gasteiger partial charge >= 0.3 is 0 Å². The molecule has 0 bridgehead atoms. The van der Waals surface area contributed by atoms with Crippen molar-refractivity contribution in [2.24, 2.45) is 0 Å². The summed E-state index contributed by atoms with van der Waals surface area (Å²) >= 11 is 1.59. The number of carbonyl (C=O) groups is 1. The molecule has 34 heavy (non-hydrogen) atoms. The second-order valence-electron chi connectivity index (χ2n) is 8.61. The largest absolute Gasteiger partial charge is 0.481 e. The molecule has 0 unspecified atom stereocenters. The van der Waals surface area contributed by atoms with Gasteiger partial charge in [0.05, 0.1) is 24.7 Å². The Morgan fingerprint density at radius 2 is 2.03 bits per heavy atom. The van der Waals surface area contributed by atoms with Crippen molar-refractivity contribution < 1.29 is 9.53 Å². The smallest absolute Gasteiger partial charge is 0.270 e. The van der Waals surface area contributed by atoms with E-state index in [1.165, 1.54) is 11.8 Å². The summed E-state index contributed by atoms with van der Waals surface area (Å²) in [7, 11) is 1.56. The van der Waals surface area contributed by atoms with Gasteiger partial charge in [-0.05, 0) is 49.7 Å². The molecule has 0 saturated carbocycles. The number of hydrogen-bond acceptors (Lipinski definition) is 8. The van der Waals surface area contributed by atoms with Crippen LogP contribution in [0.15, 0.2) is 46.2 Å². The summed E-state index contributed by atoms with van der Waals surface area (Å²) < 4.78 is 6.90. The van der Waals surface area contributed by atoms with E-state index in [1.54, 1.807) is 29.5 Å². The summed E-state index contributed by atoms with van der Waals surface area (Å²) in [6.07, 6.45) is 3.46. The number of piperidine rings is 1. The third kappa shape index (κ3) is 5.08. The van der Waals surface area contributed by atoms with Gasteiger partial charge in [0.15, 0.2) is 5.65 Å². The minimum absolute atomic E-state index is 0.0620. The first-order valence-corrected chi connectivity index (χ1v) is 12.5. The second kappa shape index (κ2) is 10.1. The van der Waals surface area contributed by atoms with Gasteiger partial charge < -0.3 is 20.3 Å². The van der Waals surface area contributed by atoms with Crippen molar-refractivity contribution >= 4 is 34.5 Å². The van der Waals surface area contributed by atoms with Crippen LogP contribution >= 0.6 is 11.8 Å². The summed E-state index contributed by atoms with van der Waals surface area (Å²) in [5, 5.41) is 6.62. The highest BCUT2D eigenvalue weighted by Gasteiger charge is 2.20. The number of carbonyl (C=O) groups excluding carboxylic acids is 1. The fourth-order valence-electron chi connectivity index (χ4n) is 4.46. The number of amides is 1. The van der Waals surface area contributed by atoms with Crippen molar-refractivity contribution in [3.8, 4) is 5.88 Å².